The van der Waals surface area contributed by atoms with Gasteiger partial charge in [-0.2, -0.15) is 0 Å². The highest BCUT2D eigenvalue weighted by molar-refractivity contribution is 5.94. The van der Waals surface area contributed by atoms with Gasteiger partial charge in [0.05, 0.1) is 23.7 Å². The number of benzene rings is 2. The molecule has 182 valence electrons. The smallest absolute Gasteiger partial charge is 0.465 e. The van der Waals surface area contributed by atoms with Crippen molar-refractivity contribution in [1.82, 2.24) is 9.55 Å². The van der Waals surface area contributed by atoms with Crippen molar-refractivity contribution in [3.8, 4) is 5.75 Å². The molecule has 4 rings (SSSR count). The van der Waals surface area contributed by atoms with E-state index >= 15 is 0 Å². The molecule has 34 heavy (non-hydrogen) atoms. The van der Waals surface area contributed by atoms with Crippen LogP contribution >= 0.6 is 0 Å². The molecule has 1 aromatic heterocycles. The summed E-state index contributed by atoms with van der Waals surface area (Å²) in [5, 5.41) is 3.25. The number of hydrogen-bond acceptors (Lipinski definition) is 5. The summed E-state index contributed by atoms with van der Waals surface area (Å²) >= 11 is 0. The summed E-state index contributed by atoms with van der Waals surface area (Å²) in [6.45, 7) is 6.74. The fourth-order valence-corrected chi connectivity index (χ4v) is 5.16. The van der Waals surface area contributed by atoms with Gasteiger partial charge in [-0.25, -0.2) is 9.78 Å². The van der Waals surface area contributed by atoms with Crippen LogP contribution < -0.4 is 10.1 Å². The monoisotopic (exact) mass is 475 g/mol. The van der Waals surface area contributed by atoms with Crippen LogP contribution in [0.25, 0.3) is 11.0 Å². The van der Waals surface area contributed by atoms with Gasteiger partial charge in [-0.05, 0) is 73.1 Å². The molecule has 1 fully saturated rings. The number of hydrogen-bond donors (Lipinski definition) is 1. The Bertz CT molecular complexity index is 1190. The minimum Gasteiger partial charge on any atom is -0.465 e. The third-order valence-electron chi connectivity index (χ3n) is 6.18. The van der Waals surface area contributed by atoms with Crippen molar-refractivity contribution in [3.63, 3.8) is 0 Å². The Morgan fingerprint density at radius 2 is 1.85 bits per heavy atom. The Balaban J connectivity index is 1.75. The second-order valence-corrected chi connectivity index (χ2v) is 9.76. The molecule has 0 saturated heterocycles. The van der Waals surface area contributed by atoms with Crippen molar-refractivity contribution in [2.24, 2.45) is 11.3 Å². The van der Waals surface area contributed by atoms with Gasteiger partial charge in [0, 0.05) is 11.7 Å². The Kier molecular flexibility index (Phi) is 6.22. The van der Waals surface area contributed by atoms with Crippen molar-refractivity contribution in [2.75, 3.05) is 12.4 Å². The van der Waals surface area contributed by atoms with Gasteiger partial charge in [-0.3, -0.25) is 0 Å². The molecule has 1 heterocycles. The zero-order valence-corrected chi connectivity index (χ0v) is 19.6. The second-order valence-electron chi connectivity index (χ2n) is 9.76. The number of carbonyl (C=O) groups excluding carboxylic acids is 1. The van der Waals surface area contributed by atoms with Gasteiger partial charge in [0.15, 0.2) is 0 Å². The number of fused-ring (bicyclic) bond motifs is 1. The van der Waals surface area contributed by atoms with Gasteiger partial charge < -0.3 is 19.4 Å². The van der Waals surface area contributed by atoms with Gasteiger partial charge in [-0.15, -0.1) is 13.2 Å². The molecule has 2 atom stereocenters. The number of methoxy groups -OCH3 is 1. The topological polar surface area (TPSA) is 65.4 Å². The van der Waals surface area contributed by atoms with Crippen molar-refractivity contribution in [1.29, 1.82) is 0 Å². The number of aromatic nitrogens is 2. The first-order valence-corrected chi connectivity index (χ1v) is 11.2. The molecule has 1 unspecified atom stereocenters. The molecule has 1 N–H and O–H groups in total. The van der Waals surface area contributed by atoms with E-state index in [0.29, 0.717) is 28.6 Å². The number of nitrogens with one attached hydrogen (secondary N) is 1. The van der Waals surface area contributed by atoms with E-state index in [1.807, 2.05) is 0 Å². The molecule has 0 radical (unpaired) electrons. The highest BCUT2D eigenvalue weighted by atomic mass is 19.4. The van der Waals surface area contributed by atoms with E-state index in [1.54, 1.807) is 18.2 Å². The minimum absolute atomic E-state index is 0.131. The van der Waals surface area contributed by atoms with E-state index in [1.165, 1.54) is 31.4 Å². The molecule has 6 nitrogen and oxygen atoms in total. The maximum Gasteiger partial charge on any atom is 0.573 e. The van der Waals surface area contributed by atoms with Crippen LogP contribution in [0.2, 0.25) is 0 Å². The van der Waals surface area contributed by atoms with E-state index in [9.17, 15) is 18.0 Å². The van der Waals surface area contributed by atoms with Gasteiger partial charge in [0.1, 0.15) is 5.75 Å². The zero-order chi connectivity index (χ0) is 24.7. The number of ether oxygens (including phenoxy) is 2. The normalized spacial score (nSPS) is 20.2. The number of anilines is 2. The summed E-state index contributed by atoms with van der Waals surface area (Å²) in [4.78, 5) is 16.9. The van der Waals surface area contributed by atoms with E-state index in [0.717, 1.165) is 24.8 Å². The lowest BCUT2D eigenvalue weighted by Crippen LogP contribution is -2.29. The summed E-state index contributed by atoms with van der Waals surface area (Å²) in [5.74, 6) is 0.344. The number of halogens is 3. The average Bonchev–Trinajstić information content (AvgIpc) is 3.09. The lowest BCUT2D eigenvalue weighted by Gasteiger charge is -2.40. The third kappa shape index (κ3) is 5.29. The Labute approximate surface area is 196 Å². The van der Waals surface area contributed by atoms with Gasteiger partial charge >= 0.3 is 12.3 Å². The van der Waals surface area contributed by atoms with Crippen LogP contribution in [0.3, 0.4) is 0 Å². The van der Waals surface area contributed by atoms with Crippen LogP contribution in [0.4, 0.5) is 24.8 Å². The minimum atomic E-state index is -4.75. The molecule has 0 aliphatic heterocycles. The quantitative estimate of drug-likeness (QED) is 0.409. The average molecular weight is 476 g/mol. The van der Waals surface area contributed by atoms with Crippen LogP contribution in [-0.4, -0.2) is 29.0 Å². The number of esters is 1. The summed E-state index contributed by atoms with van der Waals surface area (Å²) in [7, 11) is 1.34. The summed E-state index contributed by atoms with van der Waals surface area (Å²) in [6, 6.07) is 10.9. The lowest BCUT2D eigenvalue weighted by molar-refractivity contribution is -0.274. The SMILES string of the molecule is COC(=O)c1ccc2nc(Nc3ccc(OC(F)(F)F)cc3)n(C3C[C@@H](C)CC(C)(C)C3)c2c1. The fraction of sp³-hybridized carbons (Fsp3) is 0.440. The first-order valence-electron chi connectivity index (χ1n) is 11.2. The summed E-state index contributed by atoms with van der Waals surface area (Å²) in [5.41, 5.74) is 2.65. The van der Waals surface area contributed by atoms with Crippen LogP contribution in [0, 0.1) is 11.3 Å². The Morgan fingerprint density at radius 1 is 1.15 bits per heavy atom. The fourth-order valence-electron chi connectivity index (χ4n) is 5.16. The predicted molar refractivity (Wildman–Crippen MR) is 123 cm³/mol. The molecular weight excluding hydrogens is 447 g/mol. The number of rotatable bonds is 5. The molecular formula is C25H28F3N3O3. The van der Waals surface area contributed by atoms with Gasteiger partial charge in [0.25, 0.3) is 0 Å². The van der Waals surface area contributed by atoms with E-state index in [2.05, 4.69) is 35.4 Å². The molecule has 2 aromatic carbocycles. The molecule has 0 bridgehead atoms. The number of alkyl halides is 3. The molecule has 1 aliphatic rings. The van der Waals surface area contributed by atoms with Crippen molar-refractivity contribution >= 4 is 28.6 Å². The molecule has 0 spiro atoms. The highest BCUT2D eigenvalue weighted by Crippen LogP contribution is 2.46. The van der Waals surface area contributed by atoms with Crippen molar-refractivity contribution in [3.05, 3.63) is 48.0 Å². The molecule has 1 saturated carbocycles. The van der Waals surface area contributed by atoms with E-state index in [4.69, 9.17) is 9.72 Å². The Hall–Kier alpha value is -3.23. The van der Waals surface area contributed by atoms with Crippen molar-refractivity contribution in [2.45, 2.75) is 52.4 Å². The molecule has 0 amide bonds. The Morgan fingerprint density at radius 3 is 2.47 bits per heavy atom. The summed E-state index contributed by atoms with van der Waals surface area (Å²) in [6.07, 6.45) is -1.75. The maximum absolute atomic E-state index is 12.5. The van der Waals surface area contributed by atoms with Crippen LogP contribution in [0.5, 0.6) is 5.75 Å². The molecule has 9 heteroatoms. The van der Waals surface area contributed by atoms with E-state index in [-0.39, 0.29) is 17.2 Å². The number of carbonyl (C=O) groups is 1. The maximum atomic E-state index is 12.5. The van der Waals surface area contributed by atoms with Crippen LogP contribution in [-0.2, 0) is 4.74 Å². The number of imidazole rings is 1. The second kappa shape index (κ2) is 8.85. The molecule has 1 aliphatic carbocycles. The lowest BCUT2D eigenvalue weighted by atomic mass is 9.70. The first-order chi connectivity index (χ1) is 15.9. The summed E-state index contributed by atoms with van der Waals surface area (Å²) < 4.78 is 48.4. The van der Waals surface area contributed by atoms with E-state index < -0.39 is 12.3 Å². The first kappa shape index (κ1) is 23.9. The van der Waals surface area contributed by atoms with Gasteiger partial charge in [0.2, 0.25) is 5.95 Å². The third-order valence-corrected chi connectivity index (χ3v) is 6.18. The molecule has 3 aromatic rings. The zero-order valence-electron chi connectivity index (χ0n) is 19.6. The van der Waals surface area contributed by atoms with Gasteiger partial charge in [-0.1, -0.05) is 20.8 Å². The van der Waals surface area contributed by atoms with Crippen molar-refractivity contribution < 1.29 is 27.4 Å². The van der Waals surface area contributed by atoms with Crippen LogP contribution in [0.1, 0.15) is 56.4 Å². The highest BCUT2D eigenvalue weighted by Gasteiger charge is 2.35. The predicted octanol–water partition coefficient (Wildman–Crippen LogP) is 6.85. The standard InChI is InChI=1S/C25H28F3N3O3/c1-15-11-18(14-24(2,3)13-15)31-21-12-16(22(32)33-4)5-10-20(21)30-23(31)29-17-6-8-19(9-7-17)34-25(26,27)28/h5-10,12,15,18H,11,13-14H2,1-4H3,(H,29,30)/t15-,18?/m1/s1. The van der Waals surface area contributed by atoms with Crippen LogP contribution in [0.15, 0.2) is 42.5 Å². The number of nitrogens with zero attached hydrogens (tertiary/aromatic N) is 2. The largest absolute Gasteiger partial charge is 0.573 e.